The number of hydrogen-bond donors (Lipinski definition) is 0. The highest BCUT2D eigenvalue weighted by atomic mass is 16.1. The summed E-state index contributed by atoms with van der Waals surface area (Å²) >= 11 is 0. The number of nitrogens with zero attached hydrogens (tertiary/aromatic N) is 2. The highest BCUT2D eigenvalue weighted by Gasteiger charge is 2.10. The van der Waals surface area contributed by atoms with Crippen LogP contribution in [0.1, 0.15) is 22.3 Å². The van der Waals surface area contributed by atoms with Gasteiger partial charge in [0, 0.05) is 11.9 Å². The third-order valence-corrected chi connectivity index (χ3v) is 3.15. The topological polar surface area (TPSA) is 45.8 Å². The Bertz CT molecular complexity index is 688. The predicted octanol–water partition coefficient (Wildman–Crippen LogP) is 2.63. The molecule has 0 bridgehead atoms. The normalized spacial score (nSPS) is 10.1. The quantitative estimate of drug-likeness (QED) is 0.766. The molecule has 3 heteroatoms. The van der Waals surface area contributed by atoms with E-state index in [2.05, 4.69) is 0 Å². The highest BCUT2D eigenvalue weighted by molar-refractivity contribution is 5.43. The number of aromatic nitrogens is 1. The standard InChI is InChI=1S/C15H14N2O/c1-10-4-6-13(7-5-10)17-9-11(2)12(3)14(8-16)15(17)18/h4-7,9H,1-3H3. The third kappa shape index (κ3) is 1.93. The summed E-state index contributed by atoms with van der Waals surface area (Å²) in [5.74, 6) is 0. The first-order chi connectivity index (χ1) is 8.54. The van der Waals surface area contributed by atoms with Gasteiger partial charge in [0.15, 0.2) is 0 Å². The molecule has 3 nitrogen and oxygen atoms in total. The number of nitriles is 1. The molecule has 0 saturated heterocycles. The monoisotopic (exact) mass is 238 g/mol. The molecule has 2 rings (SSSR count). The molecule has 0 saturated carbocycles. The van der Waals surface area contributed by atoms with Crippen molar-refractivity contribution in [3.05, 3.63) is 63.1 Å². The zero-order valence-electron chi connectivity index (χ0n) is 10.7. The van der Waals surface area contributed by atoms with Crippen molar-refractivity contribution in [3.63, 3.8) is 0 Å². The second-order valence-corrected chi connectivity index (χ2v) is 4.43. The molecule has 2 aromatic rings. The van der Waals surface area contributed by atoms with Gasteiger partial charge in [-0.2, -0.15) is 5.26 Å². The smallest absolute Gasteiger partial charge is 0.273 e. The number of pyridine rings is 1. The van der Waals surface area contributed by atoms with Crippen molar-refractivity contribution in [1.82, 2.24) is 4.57 Å². The minimum atomic E-state index is -0.260. The molecule has 0 aliphatic heterocycles. The Morgan fingerprint density at radius 2 is 1.72 bits per heavy atom. The van der Waals surface area contributed by atoms with E-state index in [9.17, 15) is 4.79 Å². The van der Waals surface area contributed by atoms with Crippen molar-refractivity contribution >= 4 is 0 Å². The van der Waals surface area contributed by atoms with Gasteiger partial charge in [-0.1, -0.05) is 17.7 Å². The van der Waals surface area contributed by atoms with Crippen LogP contribution in [0.4, 0.5) is 0 Å². The van der Waals surface area contributed by atoms with Gasteiger partial charge in [0.05, 0.1) is 0 Å². The van der Waals surface area contributed by atoms with Crippen LogP contribution in [0.15, 0.2) is 35.3 Å². The minimum absolute atomic E-state index is 0.218. The van der Waals surface area contributed by atoms with E-state index in [1.807, 2.05) is 44.2 Å². The molecule has 1 aromatic carbocycles. The minimum Gasteiger partial charge on any atom is -0.283 e. The number of benzene rings is 1. The number of hydrogen-bond acceptors (Lipinski definition) is 2. The maximum atomic E-state index is 12.2. The summed E-state index contributed by atoms with van der Waals surface area (Å²) in [5.41, 5.74) is 3.57. The first-order valence-corrected chi connectivity index (χ1v) is 5.74. The van der Waals surface area contributed by atoms with Crippen LogP contribution < -0.4 is 5.56 Å². The van der Waals surface area contributed by atoms with Gasteiger partial charge in [-0.25, -0.2) is 0 Å². The predicted molar refractivity (Wildman–Crippen MR) is 71.0 cm³/mol. The lowest BCUT2D eigenvalue weighted by molar-refractivity contribution is 0.955. The van der Waals surface area contributed by atoms with Crippen molar-refractivity contribution < 1.29 is 0 Å². The maximum absolute atomic E-state index is 12.2. The molecule has 0 spiro atoms. The Labute approximate surface area is 106 Å². The van der Waals surface area contributed by atoms with Crippen molar-refractivity contribution in [2.45, 2.75) is 20.8 Å². The third-order valence-electron chi connectivity index (χ3n) is 3.15. The largest absolute Gasteiger partial charge is 0.283 e. The van der Waals surface area contributed by atoms with Crippen molar-refractivity contribution in [1.29, 1.82) is 5.26 Å². The van der Waals surface area contributed by atoms with Crippen LogP contribution in [-0.2, 0) is 0 Å². The molecule has 0 unspecified atom stereocenters. The van der Waals surface area contributed by atoms with Gasteiger partial charge in [0.25, 0.3) is 5.56 Å². The Morgan fingerprint density at radius 1 is 1.11 bits per heavy atom. The molecule has 0 radical (unpaired) electrons. The fourth-order valence-electron chi connectivity index (χ4n) is 1.86. The average Bonchev–Trinajstić information content (AvgIpc) is 2.36. The van der Waals surface area contributed by atoms with Crippen LogP contribution in [0.5, 0.6) is 0 Å². The van der Waals surface area contributed by atoms with Crippen LogP contribution in [0.25, 0.3) is 5.69 Å². The molecule has 90 valence electrons. The van der Waals surface area contributed by atoms with Gasteiger partial charge >= 0.3 is 0 Å². The Morgan fingerprint density at radius 3 is 2.28 bits per heavy atom. The number of aryl methyl sites for hydroxylation is 2. The summed E-state index contributed by atoms with van der Waals surface area (Å²) in [4.78, 5) is 12.2. The van der Waals surface area contributed by atoms with Gasteiger partial charge < -0.3 is 0 Å². The zero-order chi connectivity index (χ0) is 13.3. The van der Waals surface area contributed by atoms with Gasteiger partial charge in [0.1, 0.15) is 11.6 Å². The average molecular weight is 238 g/mol. The van der Waals surface area contributed by atoms with Gasteiger partial charge in [0.2, 0.25) is 0 Å². The van der Waals surface area contributed by atoms with Crippen LogP contribution in [0.3, 0.4) is 0 Å². The summed E-state index contributed by atoms with van der Waals surface area (Å²) in [5, 5.41) is 9.08. The van der Waals surface area contributed by atoms with Crippen LogP contribution in [-0.4, -0.2) is 4.57 Å². The molecule has 0 aliphatic carbocycles. The van der Waals surface area contributed by atoms with E-state index in [-0.39, 0.29) is 11.1 Å². The first kappa shape index (κ1) is 12.1. The Kier molecular flexibility index (Phi) is 3.03. The summed E-state index contributed by atoms with van der Waals surface area (Å²) in [6.07, 6.45) is 1.78. The van der Waals surface area contributed by atoms with Gasteiger partial charge in [-0.3, -0.25) is 9.36 Å². The van der Waals surface area contributed by atoms with E-state index < -0.39 is 0 Å². The lowest BCUT2D eigenvalue weighted by atomic mass is 10.1. The molecule has 0 fully saturated rings. The van der Waals surface area contributed by atoms with Crippen molar-refractivity contribution in [3.8, 4) is 11.8 Å². The molecule has 0 aliphatic rings. The Hall–Kier alpha value is -2.34. The molecule has 0 N–H and O–H groups in total. The molecule has 0 atom stereocenters. The fourth-order valence-corrected chi connectivity index (χ4v) is 1.86. The molecule has 1 aromatic heterocycles. The summed E-state index contributed by atoms with van der Waals surface area (Å²) < 4.78 is 1.53. The van der Waals surface area contributed by atoms with Gasteiger partial charge in [-0.05, 0) is 44.0 Å². The summed E-state index contributed by atoms with van der Waals surface area (Å²) in [6.45, 7) is 5.70. The van der Waals surface area contributed by atoms with E-state index in [0.717, 1.165) is 22.4 Å². The molecule has 1 heterocycles. The van der Waals surface area contributed by atoms with E-state index in [1.165, 1.54) is 4.57 Å². The fraction of sp³-hybridized carbons (Fsp3) is 0.200. The SMILES string of the molecule is Cc1ccc(-n2cc(C)c(C)c(C#N)c2=O)cc1. The summed E-state index contributed by atoms with van der Waals surface area (Å²) in [6, 6.07) is 9.65. The molecule has 0 amide bonds. The van der Waals surface area contributed by atoms with Gasteiger partial charge in [-0.15, -0.1) is 0 Å². The first-order valence-electron chi connectivity index (χ1n) is 5.74. The lowest BCUT2D eigenvalue weighted by Gasteiger charge is -2.10. The summed E-state index contributed by atoms with van der Waals surface area (Å²) in [7, 11) is 0. The molecular weight excluding hydrogens is 224 g/mol. The van der Waals surface area contributed by atoms with E-state index >= 15 is 0 Å². The Balaban J connectivity index is 2.74. The lowest BCUT2D eigenvalue weighted by Crippen LogP contribution is -2.22. The van der Waals surface area contributed by atoms with Crippen molar-refractivity contribution in [2.75, 3.05) is 0 Å². The van der Waals surface area contributed by atoms with Crippen LogP contribution in [0, 0.1) is 32.1 Å². The highest BCUT2D eigenvalue weighted by Crippen LogP contribution is 2.12. The van der Waals surface area contributed by atoms with Crippen LogP contribution >= 0.6 is 0 Å². The second-order valence-electron chi connectivity index (χ2n) is 4.43. The van der Waals surface area contributed by atoms with Crippen molar-refractivity contribution in [2.24, 2.45) is 0 Å². The van der Waals surface area contributed by atoms with E-state index in [1.54, 1.807) is 13.1 Å². The number of rotatable bonds is 1. The van der Waals surface area contributed by atoms with E-state index in [4.69, 9.17) is 5.26 Å². The van der Waals surface area contributed by atoms with E-state index in [0.29, 0.717) is 0 Å². The second kappa shape index (κ2) is 4.50. The molecule has 18 heavy (non-hydrogen) atoms. The molecular formula is C15H14N2O. The van der Waals surface area contributed by atoms with Crippen LogP contribution in [0.2, 0.25) is 0 Å². The zero-order valence-corrected chi connectivity index (χ0v) is 10.7. The maximum Gasteiger partial charge on any atom is 0.273 e.